The van der Waals surface area contributed by atoms with Crippen molar-refractivity contribution < 1.29 is 4.74 Å². The van der Waals surface area contributed by atoms with Crippen LogP contribution in [-0.2, 0) is 22.2 Å². The van der Waals surface area contributed by atoms with Crippen LogP contribution in [0.15, 0.2) is 18.2 Å². The molecule has 0 amide bonds. The predicted octanol–water partition coefficient (Wildman–Crippen LogP) is 3.55. The summed E-state index contributed by atoms with van der Waals surface area (Å²) in [5.41, 5.74) is 4.76. The van der Waals surface area contributed by atoms with Crippen molar-refractivity contribution in [3.8, 4) is 0 Å². The molecule has 1 atom stereocenters. The van der Waals surface area contributed by atoms with E-state index in [1.807, 2.05) is 0 Å². The lowest BCUT2D eigenvalue weighted by Gasteiger charge is -2.40. The molecule has 1 heterocycles. The first-order valence-corrected chi connectivity index (χ1v) is 6.29. The van der Waals surface area contributed by atoms with Crippen molar-refractivity contribution in [3.63, 3.8) is 0 Å². The maximum atomic E-state index is 5.87. The number of aryl methyl sites for hydroxylation is 1. The van der Waals surface area contributed by atoms with Gasteiger partial charge in [0.25, 0.3) is 0 Å². The van der Waals surface area contributed by atoms with Crippen molar-refractivity contribution in [3.05, 3.63) is 34.9 Å². The summed E-state index contributed by atoms with van der Waals surface area (Å²) in [5, 5.41) is 0. The van der Waals surface area contributed by atoms with Crippen LogP contribution in [0.4, 0.5) is 0 Å². The highest BCUT2D eigenvalue weighted by atomic mass is 16.5. The third-order valence-corrected chi connectivity index (χ3v) is 4.15. The number of fused-ring (bicyclic) bond motifs is 2. The van der Waals surface area contributed by atoms with Gasteiger partial charge in [0.15, 0.2) is 0 Å². The van der Waals surface area contributed by atoms with E-state index in [1.54, 1.807) is 0 Å². The molecule has 1 aromatic rings. The first-order chi connectivity index (χ1) is 7.51. The maximum absolute atomic E-state index is 5.87. The summed E-state index contributed by atoms with van der Waals surface area (Å²) >= 11 is 0. The molecule has 1 nitrogen and oxygen atoms in total. The molecule has 86 valence electrons. The van der Waals surface area contributed by atoms with E-state index in [1.165, 1.54) is 36.0 Å². The van der Waals surface area contributed by atoms with Crippen LogP contribution in [0.5, 0.6) is 0 Å². The van der Waals surface area contributed by atoms with E-state index in [0.29, 0.717) is 0 Å². The molecule has 0 bridgehead atoms. The molecule has 3 rings (SSSR count). The number of rotatable bonds is 0. The van der Waals surface area contributed by atoms with Gasteiger partial charge in [-0.1, -0.05) is 39.0 Å². The molecule has 1 saturated heterocycles. The predicted molar refractivity (Wildman–Crippen MR) is 65.7 cm³/mol. The van der Waals surface area contributed by atoms with E-state index in [9.17, 15) is 0 Å². The molecule has 0 N–H and O–H groups in total. The van der Waals surface area contributed by atoms with Crippen LogP contribution in [0.3, 0.4) is 0 Å². The number of hydrogen-bond acceptors (Lipinski definition) is 1. The fourth-order valence-electron chi connectivity index (χ4n) is 2.91. The van der Waals surface area contributed by atoms with E-state index < -0.39 is 0 Å². The number of hydrogen-bond donors (Lipinski definition) is 0. The molecule has 1 unspecified atom stereocenters. The maximum Gasteiger partial charge on any atom is 0.0959 e. The Balaban J connectivity index is 2.07. The Morgan fingerprint density at radius 3 is 2.50 bits per heavy atom. The molecule has 1 heteroatoms. The number of benzene rings is 1. The van der Waals surface area contributed by atoms with Crippen molar-refractivity contribution >= 4 is 0 Å². The fourth-order valence-corrected chi connectivity index (χ4v) is 2.91. The van der Waals surface area contributed by atoms with Crippen molar-refractivity contribution in [2.45, 2.75) is 51.0 Å². The van der Waals surface area contributed by atoms with Crippen LogP contribution in [0.2, 0.25) is 0 Å². The summed E-state index contributed by atoms with van der Waals surface area (Å²) < 4.78 is 5.87. The number of ether oxygens (including phenoxy) is 1. The van der Waals surface area contributed by atoms with Crippen LogP contribution < -0.4 is 0 Å². The van der Waals surface area contributed by atoms with Gasteiger partial charge >= 0.3 is 0 Å². The SMILES string of the molecule is CC(C)(C)c1ccc2c(c1)C1(CCO1)CC2. The van der Waals surface area contributed by atoms with Gasteiger partial charge in [-0.2, -0.15) is 0 Å². The molecule has 1 aromatic carbocycles. The van der Waals surface area contributed by atoms with Crippen LogP contribution >= 0.6 is 0 Å². The van der Waals surface area contributed by atoms with E-state index >= 15 is 0 Å². The zero-order chi connectivity index (χ0) is 11.4. The van der Waals surface area contributed by atoms with Crippen LogP contribution in [-0.4, -0.2) is 6.61 Å². The van der Waals surface area contributed by atoms with Gasteiger partial charge in [-0.25, -0.2) is 0 Å². The first-order valence-electron chi connectivity index (χ1n) is 6.29. The largest absolute Gasteiger partial charge is 0.370 e. The minimum absolute atomic E-state index is 0.108. The second kappa shape index (κ2) is 3.10. The van der Waals surface area contributed by atoms with Crippen molar-refractivity contribution in [2.24, 2.45) is 0 Å². The van der Waals surface area contributed by atoms with Gasteiger partial charge in [0.1, 0.15) is 0 Å². The standard InChI is InChI=1S/C15H20O/c1-14(2,3)12-5-4-11-6-7-15(8-9-16-15)13(11)10-12/h4-5,10H,6-9H2,1-3H3. The highest BCUT2D eigenvalue weighted by molar-refractivity contribution is 5.43. The van der Waals surface area contributed by atoms with Gasteiger partial charge in [0.05, 0.1) is 12.2 Å². The second-order valence-corrected chi connectivity index (χ2v) is 6.21. The van der Waals surface area contributed by atoms with E-state index in [0.717, 1.165) is 6.61 Å². The molecular formula is C15H20O. The Labute approximate surface area is 97.8 Å². The van der Waals surface area contributed by atoms with Crippen molar-refractivity contribution in [1.29, 1.82) is 0 Å². The molecule has 2 aliphatic rings. The smallest absolute Gasteiger partial charge is 0.0959 e. The lowest BCUT2D eigenvalue weighted by molar-refractivity contribution is -0.152. The average molecular weight is 216 g/mol. The van der Waals surface area contributed by atoms with E-state index in [2.05, 4.69) is 39.0 Å². The van der Waals surface area contributed by atoms with Gasteiger partial charge in [0, 0.05) is 6.42 Å². The molecular weight excluding hydrogens is 196 g/mol. The average Bonchev–Trinajstić information content (AvgIpc) is 2.53. The molecule has 1 aliphatic carbocycles. The summed E-state index contributed by atoms with van der Waals surface area (Å²) in [6.45, 7) is 7.77. The molecule has 0 aromatic heterocycles. The summed E-state index contributed by atoms with van der Waals surface area (Å²) in [6, 6.07) is 6.99. The third-order valence-electron chi connectivity index (χ3n) is 4.15. The highest BCUT2D eigenvalue weighted by Gasteiger charge is 2.45. The molecule has 1 spiro atoms. The molecule has 0 radical (unpaired) electrons. The second-order valence-electron chi connectivity index (χ2n) is 6.21. The minimum atomic E-state index is 0.108. The Bertz CT molecular complexity index is 422. The summed E-state index contributed by atoms with van der Waals surface area (Å²) in [5.74, 6) is 0. The Morgan fingerprint density at radius 1 is 1.19 bits per heavy atom. The topological polar surface area (TPSA) is 9.23 Å². The fraction of sp³-hybridized carbons (Fsp3) is 0.600. The van der Waals surface area contributed by atoms with Crippen LogP contribution in [0, 0.1) is 0 Å². The quantitative estimate of drug-likeness (QED) is 0.644. The van der Waals surface area contributed by atoms with E-state index in [-0.39, 0.29) is 11.0 Å². The molecule has 16 heavy (non-hydrogen) atoms. The third kappa shape index (κ3) is 1.34. The summed E-state index contributed by atoms with van der Waals surface area (Å²) in [7, 11) is 0. The van der Waals surface area contributed by atoms with Crippen molar-refractivity contribution in [1.82, 2.24) is 0 Å². The highest BCUT2D eigenvalue weighted by Crippen LogP contribution is 2.48. The van der Waals surface area contributed by atoms with Crippen LogP contribution in [0.25, 0.3) is 0 Å². The Hall–Kier alpha value is -0.820. The van der Waals surface area contributed by atoms with Crippen LogP contribution in [0.1, 0.15) is 50.3 Å². The van der Waals surface area contributed by atoms with Gasteiger partial charge in [-0.15, -0.1) is 0 Å². The lowest BCUT2D eigenvalue weighted by Crippen LogP contribution is -2.38. The zero-order valence-electron chi connectivity index (χ0n) is 10.5. The van der Waals surface area contributed by atoms with Gasteiger partial charge in [0.2, 0.25) is 0 Å². The van der Waals surface area contributed by atoms with E-state index in [4.69, 9.17) is 4.74 Å². The molecule has 0 saturated carbocycles. The Morgan fingerprint density at radius 2 is 1.94 bits per heavy atom. The van der Waals surface area contributed by atoms with Gasteiger partial charge in [-0.05, 0) is 34.9 Å². The summed E-state index contributed by atoms with van der Waals surface area (Å²) in [4.78, 5) is 0. The lowest BCUT2D eigenvalue weighted by atomic mass is 9.82. The normalized spacial score (nSPS) is 27.9. The first kappa shape index (κ1) is 10.3. The summed E-state index contributed by atoms with van der Waals surface area (Å²) in [6.07, 6.45) is 3.60. The van der Waals surface area contributed by atoms with Crippen molar-refractivity contribution in [2.75, 3.05) is 6.61 Å². The molecule has 1 fully saturated rings. The molecule has 1 aliphatic heterocycles. The zero-order valence-corrected chi connectivity index (χ0v) is 10.5. The van der Waals surface area contributed by atoms with Gasteiger partial charge in [-0.3, -0.25) is 0 Å². The Kier molecular flexibility index (Phi) is 2.00. The minimum Gasteiger partial charge on any atom is -0.370 e. The monoisotopic (exact) mass is 216 g/mol. The van der Waals surface area contributed by atoms with Gasteiger partial charge < -0.3 is 4.74 Å².